The fourth-order valence-corrected chi connectivity index (χ4v) is 2.45. The maximum Gasteiger partial charge on any atom is 0.416 e. The summed E-state index contributed by atoms with van der Waals surface area (Å²) in [5.74, 6) is 0. The van der Waals surface area contributed by atoms with Gasteiger partial charge in [-0.15, -0.1) is 0 Å². The lowest BCUT2D eigenvalue weighted by atomic mass is 10.1. The van der Waals surface area contributed by atoms with Crippen molar-refractivity contribution in [3.63, 3.8) is 0 Å². The molecule has 1 aromatic carbocycles. The van der Waals surface area contributed by atoms with Crippen molar-refractivity contribution in [2.45, 2.75) is 44.1 Å². The first-order chi connectivity index (χ1) is 10.6. The second-order valence-electron chi connectivity index (χ2n) is 5.37. The first-order valence-corrected chi connectivity index (χ1v) is 6.93. The Morgan fingerprint density at radius 3 is 1.83 bits per heavy atom. The Balaban J connectivity index is 2.21. The summed E-state index contributed by atoms with van der Waals surface area (Å²) >= 11 is 0. The molecule has 0 aliphatic heterocycles. The molecular formula is C14H14F6N2O. The number of urea groups is 1. The summed E-state index contributed by atoms with van der Waals surface area (Å²) in [6, 6.07) is 0.0414. The minimum Gasteiger partial charge on any atom is -0.335 e. The molecular weight excluding hydrogens is 326 g/mol. The van der Waals surface area contributed by atoms with E-state index in [0.29, 0.717) is 12.1 Å². The molecule has 2 rings (SSSR count). The van der Waals surface area contributed by atoms with Crippen LogP contribution in [0.1, 0.15) is 36.8 Å². The number of hydrogen-bond acceptors (Lipinski definition) is 1. The number of hydrogen-bond donors (Lipinski definition) is 2. The monoisotopic (exact) mass is 340 g/mol. The Hall–Kier alpha value is -1.93. The molecule has 1 saturated carbocycles. The predicted octanol–water partition coefficient (Wildman–Crippen LogP) is 4.79. The third-order valence-corrected chi connectivity index (χ3v) is 3.54. The second-order valence-corrected chi connectivity index (χ2v) is 5.37. The summed E-state index contributed by atoms with van der Waals surface area (Å²) in [4.78, 5) is 11.7. The van der Waals surface area contributed by atoms with Gasteiger partial charge in [0.1, 0.15) is 0 Å². The zero-order valence-electron chi connectivity index (χ0n) is 11.8. The van der Waals surface area contributed by atoms with Gasteiger partial charge in [-0.25, -0.2) is 4.79 Å². The largest absolute Gasteiger partial charge is 0.416 e. The van der Waals surface area contributed by atoms with Gasteiger partial charge >= 0.3 is 18.4 Å². The molecule has 0 atom stereocenters. The van der Waals surface area contributed by atoms with Gasteiger partial charge in [-0.05, 0) is 31.0 Å². The molecule has 23 heavy (non-hydrogen) atoms. The van der Waals surface area contributed by atoms with E-state index in [1.807, 2.05) is 5.32 Å². The zero-order chi connectivity index (χ0) is 17.3. The first kappa shape index (κ1) is 17.4. The lowest BCUT2D eigenvalue weighted by molar-refractivity contribution is -0.143. The number of halogens is 6. The topological polar surface area (TPSA) is 41.1 Å². The quantitative estimate of drug-likeness (QED) is 0.747. The van der Waals surface area contributed by atoms with E-state index in [1.165, 1.54) is 0 Å². The van der Waals surface area contributed by atoms with Crippen molar-refractivity contribution in [1.82, 2.24) is 5.32 Å². The van der Waals surface area contributed by atoms with E-state index < -0.39 is 35.2 Å². The molecule has 0 spiro atoms. The Morgan fingerprint density at radius 2 is 1.39 bits per heavy atom. The summed E-state index contributed by atoms with van der Waals surface area (Å²) in [5, 5.41) is 4.57. The molecule has 0 radical (unpaired) electrons. The van der Waals surface area contributed by atoms with E-state index in [4.69, 9.17) is 0 Å². The van der Waals surface area contributed by atoms with Crippen LogP contribution >= 0.6 is 0 Å². The van der Waals surface area contributed by atoms with Crippen molar-refractivity contribution in [3.05, 3.63) is 29.3 Å². The maximum absolute atomic E-state index is 12.7. The summed E-state index contributed by atoms with van der Waals surface area (Å²) in [7, 11) is 0. The van der Waals surface area contributed by atoms with E-state index >= 15 is 0 Å². The predicted molar refractivity (Wildman–Crippen MR) is 70.9 cm³/mol. The van der Waals surface area contributed by atoms with Gasteiger partial charge in [0.2, 0.25) is 0 Å². The zero-order valence-corrected chi connectivity index (χ0v) is 11.8. The third kappa shape index (κ3) is 4.77. The van der Waals surface area contributed by atoms with Crippen LogP contribution < -0.4 is 10.6 Å². The van der Waals surface area contributed by atoms with Crippen LogP contribution in [0.15, 0.2) is 18.2 Å². The van der Waals surface area contributed by atoms with Crippen molar-refractivity contribution in [2.75, 3.05) is 5.32 Å². The minimum atomic E-state index is -4.94. The number of carbonyl (C=O) groups excluding carboxylic acids is 1. The summed E-state index contributed by atoms with van der Waals surface area (Å²) < 4.78 is 76.2. The summed E-state index contributed by atoms with van der Waals surface area (Å²) in [6.45, 7) is 0. The van der Waals surface area contributed by atoms with Crippen LogP contribution in [-0.4, -0.2) is 12.1 Å². The fraction of sp³-hybridized carbons (Fsp3) is 0.500. The number of nitrogens with one attached hydrogen (secondary N) is 2. The Kier molecular flexibility index (Phi) is 4.76. The average Bonchev–Trinajstić information content (AvgIpc) is 2.88. The van der Waals surface area contributed by atoms with Crippen LogP contribution in [0.3, 0.4) is 0 Å². The fourth-order valence-electron chi connectivity index (χ4n) is 2.45. The average molecular weight is 340 g/mol. The smallest absolute Gasteiger partial charge is 0.335 e. The lowest BCUT2D eigenvalue weighted by Crippen LogP contribution is -2.36. The third-order valence-electron chi connectivity index (χ3n) is 3.54. The number of benzene rings is 1. The highest BCUT2D eigenvalue weighted by Crippen LogP contribution is 2.37. The molecule has 1 fully saturated rings. The Morgan fingerprint density at radius 1 is 0.913 bits per heavy atom. The van der Waals surface area contributed by atoms with E-state index in [1.54, 1.807) is 0 Å². The van der Waals surface area contributed by atoms with Crippen molar-refractivity contribution in [3.8, 4) is 0 Å². The van der Waals surface area contributed by atoms with Crippen molar-refractivity contribution in [1.29, 1.82) is 0 Å². The van der Waals surface area contributed by atoms with Crippen molar-refractivity contribution < 1.29 is 31.1 Å². The number of carbonyl (C=O) groups is 1. The normalized spacial score (nSPS) is 16.4. The molecule has 1 aromatic rings. The highest BCUT2D eigenvalue weighted by molar-refractivity contribution is 5.89. The van der Waals surface area contributed by atoms with Gasteiger partial charge in [0, 0.05) is 11.7 Å². The number of anilines is 1. The molecule has 2 N–H and O–H groups in total. The molecule has 128 valence electrons. The molecule has 0 bridgehead atoms. The Bertz CT molecular complexity index is 543. The van der Waals surface area contributed by atoms with E-state index in [2.05, 4.69) is 5.32 Å². The Labute approximate surface area is 128 Å². The molecule has 0 unspecified atom stereocenters. The molecule has 1 aliphatic rings. The number of alkyl halides is 6. The van der Waals surface area contributed by atoms with Gasteiger partial charge in [-0.2, -0.15) is 26.3 Å². The molecule has 9 heteroatoms. The van der Waals surface area contributed by atoms with Crippen LogP contribution in [0.4, 0.5) is 36.8 Å². The van der Waals surface area contributed by atoms with Crippen LogP contribution in [0.5, 0.6) is 0 Å². The van der Waals surface area contributed by atoms with Gasteiger partial charge in [0.15, 0.2) is 0 Å². The summed E-state index contributed by atoms with van der Waals surface area (Å²) in [6.07, 6.45) is -6.56. The van der Waals surface area contributed by atoms with Gasteiger partial charge in [0.25, 0.3) is 0 Å². The van der Waals surface area contributed by atoms with Gasteiger partial charge < -0.3 is 10.6 Å². The van der Waals surface area contributed by atoms with Crippen molar-refractivity contribution in [2.24, 2.45) is 0 Å². The lowest BCUT2D eigenvalue weighted by Gasteiger charge is -2.16. The van der Waals surface area contributed by atoms with Crippen LogP contribution in [0.25, 0.3) is 0 Å². The minimum absolute atomic E-state index is 0.0139. The maximum atomic E-state index is 12.7. The van der Waals surface area contributed by atoms with Gasteiger partial charge in [-0.1, -0.05) is 12.8 Å². The van der Waals surface area contributed by atoms with Crippen LogP contribution in [0.2, 0.25) is 0 Å². The highest BCUT2D eigenvalue weighted by Gasteiger charge is 2.37. The van der Waals surface area contributed by atoms with E-state index in [0.717, 1.165) is 25.7 Å². The van der Waals surface area contributed by atoms with Crippen LogP contribution in [-0.2, 0) is 12.4 Å². The molecule has 1 aliphatic carbocycles. The molecule has 0 aromatic heterocycles. The standard InChI is InChI=1S/C14H14F6N2O/c15-13(16,17)8-5-9(14(18,19)20)7-11(6-8)22-12(23)21-10-3-1-2-4-10/h5-7,10H,1-4H2,(H2,21,22,23). The van der Waals surface area contributed by atoms with E-state index in [-0.39, 0.29) is 12.1 Å². The second kappa shape index (κ2) is 6.29. The molecule has 0 saturated heterocycles. The summed E-state index contributed by atoms with van der Waals surface area (Å²) in [5.41, 5.74) is -3.49. The van der Waals surface area contributed by atoms with Crippen LogP contribution in [0, 0.1) is 0 Å². The van der Waals surface area contributed by atoms with Crippen molar-refractivity contribution >= 4 is 11.7 Å². The number of amides is 2. The van der Waals surface area contributed by atoms with Gasteiger partial charge in [0.05, 0.1) is 11.1 Å². The molecule has 3 nitrogen and oxygen atoms in total. The molecule has 0 heterocycles. The first-order valence-electron chi connectivity index (χ1n) is 6.93. The molecule has 2 amide bonds. The van der Waals surface area contributed by atoms with Gasteiger partial charge in [-0.3, -0.25) is 0 Å². The van der Waals surface area contributed by atoms with E-state index in [9.17, 15) is 31.1 Å². The number of rotatable bonds is 2. The SMILES string of the molecule is O=C(Nc1cc(C(F)(F)F)cc(C(F)(F)F)c1)NC1CCCC1. The highest BCUT2D eigenvalue weighted by atomic mass is 19.4.